The van der Waals surface area contributed by atoms with Crippen molar-refractivity contribution in [3.63, 3.8) is 0 Å². The van der Waals surface area contributed by atoms with E-state index in [0.29, 0.717) is 12.6 Å². The molecule has 2 aromatic heterocycles. The fourth-order valence-corrected chi connectivity index (χ4v) is 4.09. The standard InChI is InChI=1S/C22H27N5O/c1-14(2)27-20-12-23-9-7-19(20)24-21(27)17-8-10-26(13-17)22(28)25-18-6-5-15(3)11-16(18)4/h5-7,9,11-12,14,17H,8,10,13H2,1-4H3,(H,25,28)/t17-/m0/s1. The molecule has 3 aromatic rings. The number of nitrogens with zero attached hydrogens (tertiary/aromatic N) is 4. The molecule has 4 rings (SSSR count). The van der Waals surface area contributed by atoms with Gasteiger partial charge in [0.1, 0.15) is 5.82 Å². The molecular formula is C22H27N5O. The topological polar surface area (TPSA) is 63.1 Å². The molecule has 2 amide bonds. The molecule has 6 nitrogen and oxygen atoms in total. The zero-order chi connectivity index (χ0) is 19.8. The number of imidazole rings is 1. The third kappa shape index (κ3) is 3.35. The first-order chi connectivity index (χ1) is 13.4. The number of hydrogen-bond acceptors (Lipinski definition) is 3. The first-order valence-electron chi connectivity index (χ1n) is 9.89. The summed E-state index contributed by atoms with van der Waals surface area (Å²) in [4.78, 5) is 23.8. The zero-order valence-corrected chi connectivity index (χ0v) is 16.9. The number of urea groups is 1. The number of pyridine rings is 1. The monoisotopic (exact) mass is 377 g/mol. The maximum absolute atomic E-state index is 12.8. The van der Waals surface area contributed by atoms with E-state index in [2.05, 4.69) is 41.7 Å². The van der Waals surface area contributed by atoms with Crippen LogP contribution in [0.1, 0.15) is 49.2 Å². The van der Waals surface area contributed by atoms with E-state index >= 15 is 0 Å². The van der Waals surface area contributed by atoms with Crippen molar-refractivity contribution in [3.05, 3.63) is 53.6 Å². The average Bonchev–Trinajstić information content (AvgIpc) is 3.28. The lowest BCUT2D eigenvalue weighted by atomic mass is 10.1. The maximum atomic E-state index is 12.8. The van der Waals surface area contributed by atoms with E-state index in [1.165, 1.54) is 5.56 Å². The van der Waals surface area contributed by atoms with Crippen molar-refractivity contribution in [2.75, 3.05) is 18.4 Å². The molecule has 0 spiro atoms. The lowest BCUT2D eigenvalue weighted by Gasteiger charge is -2.20. The highest BCUT2D eigenvalue weighted by atomic mass is 16.2. The predicted molar refractivity (Wildman–Crippen MR) is 112 cm³/mol. The van der Waals surface area contributed by atoms with Crippen molar-refractivity contribution in [2.45, 2.75) is 46.1 Å². The van der Waals surface area contributed by atoms with E-state index in [0.717, 1.165) is 41.1 Å². The van der Waals surface area contributed by atoms with Crippen LogP contribution >= 0.6 is 0 Å². The van der Waals surface area contributed by atoms with E-state index in [9.17, 15) is 4.79 Å². The Morgan fingerprint density at radius 2 is 2.07 bits per heavy atom. The van der Waals surface area contributed by atoms with Gasteiger partial charge in [-0.1, -0.05) is 17.7 Å². The van der Waals surface area contributed by atoms with Crippen LogP contribution in [0.25, 0.3) is 11.0 Å². The number of benzene rings is 1. The van der Waals surface area contributed by atoms with Crippen molar-refractivity contribution >= 4 is 22.8 Å². The van der Waals surface area contributed by atoms with Gasteiger partial charge in [-0.3, -0.25) is 4.98 Å². The number of anilines is 1. The minimum atomic E-state index is -0.0386. The molecule has 1 saturated heterocycles. The molecule has 28 heavy (non-hydrogen) atoms. The van der Waals surface area contributed by atoms with E-state index < -0.39 is 0 Å². The Morgan fingerprint density at radius 3 is 2.82 bits per heavy atom. The number of hydrogen-bond donors (Lipinski definition) is 1. The summed E-state index contributed by atoms with van der Waals surface area (Å²) in [6.45, 7) is 9.82. The molecule has 3 heterocycles. The second-order valence-corrected chi connectivity index (χ2v) is 7.98. The lowest BCUT2D eigenvalue weighted by Crippen LogP contribution is -2.33. The summed E-state index contributed by atoms with van der Waals surface area (Å²) >= 11 is 0. The summed E-state index contributed by atoms with van der Waals surface area (Å²) in [6, 6.07) is 8.29. The maximum Gasteiger partial charge on any atom is 0.321 e. The number of rotatable bonds is 3. The Balaban J connectivity index is 1.53. The van der Waals surface area contributed by atoms with Gasteiger partial charge in [-0.25, -0.2) is 9.78 Å². The molecule has 1 aromatic carbocycles. The van der Waals surface area contributed by atoms with E-state index in [1.54, 1.807) is 6.20 Å². The number of amides is 2. The fraction of sp³-hybridized carbons (Fsp3) is 0.409. The van der Waals surface area contributed by atoms with Crippen LogP contribution in [-0.4, -0.2) is 38.6 Å². The molecule has 0 saturated carbocycles. The van der Waals surface area contributed by atoms with Crippen LogP contribution in [0.15, 0.2) is 36.7 Å². The molecule has 1 aliphatic heterocycles. The van der Waals surface area contributed by atoms with Crippen molar-refractivity contribution in [1.82, 2.24) is 19.4 Å². The van der Waals surface area contributed by atoms with Gasteiger partial charge >= 0.3 is 6.03 Å². The number of fused-ring (bicyclic) bond motifs is 1. The van der Waals surface area contributed by atoms with Gasteiger partial charge in [0.15, 0.2) is 0 Å². The van der Waals surface area contributed by atoms with Gasteiger partial charge in [0.25, 0.3) is 0 Å². The predicted octanol–water partition coefficient (Wildman–Crippen LogP) is 4.65. The van der Waals surface area contributed by atoms with Gasteiger partial charge in [0.2, 0.25) is 0 Å². The Kier molecular flexibility index (Phi) is 4.79. The summed E-state index contributed by atoms with van der Waals surface area (Å²) in [5, 5.41) is 3.07. The summed E-state index contributed by atoms with van der Waals surface area (Å²) in [5.74, 6) is 1.29. The van der Waals surface area contributed by atoms with Crippen molar-refractivity contribution in [3.8, 4) is 0 Å². The molecule has 0 aliphatic carbocycles. The third-order valence-corrected chi connectivity index (χ3v) is 5.50. The van der Waals surface area contributed by atoms with Crippen LogP contribution in [0.5, 0.6) is 0 Å². The minimum Gasteiger partial charge on any atom is -0.324 e. The summed E-state index contributed by atoms with van der Waals surface area (Å²) in [7, 11) is 0. The Bertz CT molecular complexity index is 1020. The van der Waals surface area contributed by atoms with Gasteiger partial charge in [0, 0.05) is 36.9 Å². The van der Waals surface area contributed by atoms with Crippen LogP contribution < -0.4 is 5.32 Å². The molecule has 1 atom stereocenters. The molecule has 0 bridgehead atoms. The number of nitrogens with one attached hydrogen (secondary N) is 1. The van der Waals surface area contributed by atoms with E-state index in [1.807, 2.05) is 36.2 Å². The zero-order valence-electron chi connectivity index (χ0n) is 16.9. The molecule has 0 unspecified atom stereocenters. The Morgan fingerprint density at radius 1 is 1.25 bits per heavy atom. The van der Waals surface area contributed by atoms with Gasteiger partial charge < -0.3 is 14.8 Å². The second kappa shape index (κ2) is 7.26. The molecule has 146 valence electrons. The summed E-state index contributed by atoms with van der Waals surface area (Å²) in [6.07, 6.45) is 4.58. The van der Waals surface area contributed by atoms with Crippen LogP contribution in [-0.2, 0) is 0 Å². The highest BCUT2D eigenvalue weighted by molar-refractivity contribution is 5.90. The molecule has 1 aliphatic rings. The van der Waals surface area contributed by atoms with E-state index in [-0.39, 0.29) is 11.9 Å². The molecule has 0 radical (unpaired) electrons. The third-order valence-electron chi connectivity index (χ3n) is 5.50. The first-order valence-corrected chi connectivity index (χ1v) is 9.89. The van der Waals surface area contributed by atoms with Crippen LogP contribution in [0, 0.1) is 13.8 Å². The number of likely N-dealkylation sites (tertiary alicyclic amines) is 1. The smallest absolute Gasteiger partial charge is 0.321 e. The first kappa shape index (κ1) is 18.5. The van der Waals surface area contributed by atoms with Gasteiger partial charge in [-0.05, 0) is 51.8 Å². The number of carbonyl (C=O) groups is 1. The second-order valence-electron chi connectivity index (χ2n) is 7.98. The highest BCUT2D eigenvalue weighted by Gasteiger charge is 2.31. The van der Waals surface area contributed by atoms with Crippen LogP contribution in [0.3, 0.4) is 0 Å². The molecule has 6 heteroatoms. The fourth-order valence-electron chi connectivity index (χ4n) is 4.09. The minimum absolute atomic E-state index is 0.0386. The highest BCUT2D eigenvalue weighted by Crippen LogP contribution is 2.32. The van der Waals surface area contributed by atoms with Crippen molar-refractivity contribution in [1.29, 1.82) is 0 Å². The largest absolute Gasteiger partial charge is 0.324 e. The van der Waals surface area contributed by atoms with Crippen LogP contribution in [0.4, 0.5) is 10.5 Å². The molecule has 1 fully saturated rings. The SMILES string of the molecule is Cc1ccc(NC(=O)N2CC[C@H](c3nc4ccncc4n3C(C)C)C2)c(C)c1. The van der Waals surface area contributed by atoms with Gasteiger partial charge in [0.05, 0.1) is 17.2 Å². The number of aromatic nitrogens is 3. The van der Waals surface area contributed by atoms with E-state index in [4.69, 9.17) is 4.98 Å². The number of carbonyl (C=O) groups excluding carboxylic acids is 1. The lowest BCUT2D eigenvalue weighted by molar-refractivity contribution is 0.222. The molecule has 1 N–H and O–H groups in total. The van der Waals surface area contributed by atoms with Gasteiger partial charge in [-0.15, -0.1) is 0 Å². The number of aryl methyl sites for hydroxylation is 2. The summed E-state index contributed by atoms with van der Waals surface area (Å²) < 4.78 is 2.26. The normalized spacial score (nSPS) is 16.9. The Hall–Kier alpha value is -2.89. The Labute approximate surface area is 165 Å². The van der Waals surface area contributed by atoms with Crippen molar-refractivity contribution < 1.29 is 4.79 Å². The molecular weight excluding hydrogens is 350 g/mol. The van der Waals surface area contributed by atoms with Crippen LogP contribution in [0.2, 0.25) is 0 Å². The van der Waals surface area contributed by atoms with Crippen molar-refractivity contribution in [2.24, 2.45) is 0 Å². The quantitative estimate of drug-likeness (QED) is 0.723. The average molecular weight is 377 g/mol. The summed E-state index contributed by atoms with van der Waals surface area (Å²) in [5.41, 5.74) is 5.18. The van der Waals surface area contributed by atoms with Gasteiger partial charge in [-0.2, -0.15) is 0 Å².